The number of fused-ring (bicyclic) bond motifs is 1. The molecule has 1 saturated heterocycles. The highest BCUT2D eigenvalue weighted by atomic mass is 16.6. The highest BCUT2D eigenvalue weighted by Gasteiger charge is 2.23. The van der Waals surface area contributed by atoms with E-state index in [0.717, 1.165) is 0 Å². The molecule has 0 radical (unpaired) electrons. The van der Waals surface area contributed by atoms with Crippen molar-refractivity contribution < 1.29 is 24.0 Å². The summed E-state index contributed by atoms with van der Waals surface area (Å²) in [6, 6.07) is 11.1. The molecule has 0 atom stereocenters. The Morgan fingerprint density at radius 2 is 1.73 bits per heavy atom. The van der Waals surface area contributed by atoms with Crippen LogP contribution in [0.2, 0.25) is 0 Å². The van der Waals surface area contributed by atoms with Gasteiger partial charge in [0.05, 0.1) is 4.92 Å². The highest BCUT2D eigenvalue weighted by molar-refractivity contribution is 6.01. The summed E-state index contributed by atoms with van der Waals surface area (Å²) in [5, 5.41) is 16.2. The lowest BCUT2D eigenvalue weighted by Crippen LogP contribution is -2.47. The van der Waals surface area contributed by atoms with Crippen LogP contribution in [-0.2, 0) is 4.79 Å². The summed E-state index contributed by atoms with van der Waals surface area (Å²) in [7, 11) is 0. The van der Waals surface area contributed by atoms with Crippen LogP contribution in [0.15, 0.2) is 42.5 Å². The number of carbonyl (C=O) groups excluding carboxylic acids is 2. The number of nitro benzene ring substituents is 1. The van der Waals surface area contributed by atoms with Crippen molar-refractivity contribution in [2.45, 2.75) is 6.42 Å². The van der Waals surface area contributed by atoms with Gasteiger partial charge >= 0.3 is 6.03 Å². The zero-order chi connectivity index (χ0) is 23.2. The van der Waals surface area contributed by atoms with Crippen molar-refractivity contribution in [2.75, 3.05) is 56.2 Å². The predicted octanol–water partition coefficient (Wildman–Crippen LogP) is 2.23. The molecule has 2 aliphatic heterocycles. The fourth-order valence-electron chi connectivity index (χ4n) is 3.83. The van der Waals surface area contributed by atoms with Gasteiger partial charge in [-0.25, -0.2) is 4.79 Å². The van der Waals surface area contributed by atoms with Crippen LogP contribution >= 0.6 is 0 Å². The monoisotopic (exact) mass is 455 g/mol. The molecule has 0 spiro atoms. The number of hydrogen-bond acceptors (Lipinski definition) is 8. The summed E-state index contributed by atoms with van der Waals surface area (Å²) in [5.41, 5.74) is 1.20. The SMILES string of the molecule is O=C(CCN1CCN(c2ccccc2[N+](=O)[O-])CC1)NC(=O)Nc1ccc2c(c1)OCCO2. The summed E-state index contributed by atoms with van der Waals surface area (Å²) in [5.74, 6) is 0.779. The summed E-state index contributed by atoms with van der Waals surface area (Å²) >= 11 is 0. The van der Waals surface area contributed by atoms with Gasteiger partial charge in [-0.1, -0.05) is 12.1 Å². The number of amides is 3. The lowest BCUT2D eigenvalue weighted by molar-refractivity contribution is -0.384. The van der Waals surface area contributed by atoms with E-state index in [0.29, 0.717) is 68.8 Å². The quantitative estimate of drug-likeness (QED) is 0.502. The number of hydrogen-bond donors (Lipinski definition) is 2. The highest BCUT2D eigenvalue weighted by Crippen LogP contribution is 2.32. The first-order chi connectivity index (χ1) is 16.0. The fraction of sp³-hybridized carbons (Fsp3) is 0.364. The van der Waals surface area contributed by atoms with Gasteiger partial charge in [0.2, 0.25) is 5.91 Å². The second-order valence-electron chi connectivity index (χ2n) is 7.69. The van der Waals surface area contributed by atoms with Crippen LogP contribution in [0.4, 0.5) is 21.9 Å². The summed E-state index contributed by atoms with van der Waals surface area (Å²) < 4.78 is 10.9. The minimum atomic E-state index is -0.613. The van der Waals surface area contributed by atoms with Gasteiger partial charge in [-0.15, -0.1) is 0 Å². The van der Waals surface area contributed by atoms with E-state index in [1.54, 1.807) is 36.4 Å². The van der Waals surface area contributed by atoms with E-state index in [9.17, 15) is 19.7 Å². The van der Waals surface area contributed by atoms with Crippen molar-refractivity contribution >= 4 is 29.0 Å². The maximum atomic E-state index is 12.2. The molecule has 4 rings (SSSR count). The van der Waals surface area contributed by atoms with Gasteiger partial charge in [-0.2, -0.15) is 0 Å². The van der Waals surface area contributed by atoms with E-state index >= 15 is 0 Å². The second-order valence-corrected chi connectivity index (χ2v) is 7.69. The Balaban J connectivity index is 1.20. The number of ether oxygens (including phenoxy) is 2. The van der Waals surface area contributed by atoms with Gasteiger partial charge in [-0.05, 0) is 18.2 Å². The Kier molecular flexibility index (Phi) is 6.89. The van der Waals surface area contributed by atoms with Gasteiger partial charge in [0.25, 0.3) is 5.69 Å². The molecule has 2 aromatic carbocycles. The topological polar surface area (TPSA) is 126 Å². The lowest BCUT2D eigenvalue weighted by Gasteiger charge is -2.35. The van der Waals surface area contributed by atoms with Gasteiger partial charge in [0.1, 0.15) is 18.9 Å². The molecule has 0 aliphatic carbocycles. The van der Waals surface area contributed by atoms with E-state index in [2.05, 4.69) is 15.5 Å². The van der Waals surface area contributed by atoms with Gasteiger partial charge in [-0.3, -0.25) is 25.1 Å². The molecule has 0 unspecified atom stereocenters. The molecule has 33 heavy (non-hydrogen) atoms. The zero-order valence-electron chi connectivity index (χ0n) is 18.0. The van der Waals surface area contributed by atoms with Crippen LogP contribution in [0, 0.1) is 10.1 Å². The van der Waals surface area contributed by atoms with E-state index in [1.165, 1.54) is 6.07 Å². The van der Waals surface area contributed by atoms with E-state index in [4.69, 9.17) is 9.47 Å². The normalized spacial score (nSPS) is 15.6. The molecule has 174 valence electrons. The van der Waals surface area contributed by atoms with Crippen LogP contribution < -0.4 is 25.0 Å². The van der Waals surface area contributed by atoms with E-state index < -0.39 is 6.03 Å². The third kappa shape index (κ3) is 5.69. The van der Waals surface area contributed by atoms with Gasteiger partial charge in [0.15, 0.2) is 11.5 Å². The predicted molar refractivity (Wildman–Crippen MR) is 121 cm³/mol. The molecular formula is C22H25N5O6. The Bertz CT molecular complexity index is 1040. The smallest absolute Gasteiger partial charge is 0.325 e. The molecular weight excluding hydrogens is 430 g/mol. The molecule has 0 bridgehead atoms. The maximum Gasteiger partial charge on any atom is 0.325 e. The fourth-order valence-corrected chi connectivity index (χ4v) is 3.83. The largest absolute Gasteiger partial charge is 0.486 e. The molecule has 0 aromatic heterocycles. The molecule has 1 fully saturated rings. The second kappa shape index (κ2) is 10.2. The number of rotatable bonds is 6. The van der Waals surface area contributed by atoms with Crippen LogP contribution in [-0.4, -0.2) is 67.7 Å². The van der Waals surface area contributed by atoms with Crippen LogP contribution in [0.25, 0.3) is 0 Å². The molecule has 2 heterocycles. The number of imide groups is 1. The summed E-state index contributed by atoms with van der Waals surface area (Å²) in [4.78, 5) is 39.3. The number of nitrogens with one attached hydrogen (secondary N) is 2. The lowest BCUT2D eigenvalue weighted by atomic mass is 10.2. The number of urea groups is 1. The first kappa shape index (κ1) is 22.3. The van der Waals surface area contributed by atoms with Crippen molar-refractivity contribution in [1.82, 2.24) is 10.2 Å². The van der Waals surface area contributed by atoms with Gasteiger partial charge < -0.3 is 19.7 Å². The zero-order valence-corrected chi connectivity index (χ0v) is 18.0. The van der Waals surface area contributed by atoms with E-state index in [1.807, 2.05) is 4.90 Å². The number of piperazine rings is 1. The third-order valence-electron chi connectivity index (χ3n) is 5.50. The number of anilines is 2. The minimum absolute atomic E-state index is 0.0920. The van der Waals surface area contributed by atoms with Crippen LogP contribution in [0.3, 0.4) is 0 Å². The van der Waals surface area contributed by atoms with Crippen molar-refractivity contribution in [3.05, 3.63) is 52.6 Å². The summed E-state index contributed by atoms with van der Waals surface area (Å²) in [6.45, 7) is 4.00. The van der Waals surface area contributed by atoms with Crippen molar-refractivity contribution in [1.29, 1.82) is 0 Å². The Morgan fingerprint density at radius 1 is 1.00 bits per heavy atom. The Labute approximate surface area is 190 Å². The number of para-hydroxylation sites is 2. The molecule has 11 nitrogen and oxygen atoms in total. The molecule has 11 heteroatoms. The maximum absolute atomic E-state index is 12.2. The number of nitrogens with zero attached hydrogens (tertiary/aromatic N) is 3. The van der Waals surface area contributed by atoms with E-state index in [-0.39, 0.29) is 22.9 Å². The van der Waals surface area contributed by atoms with Crippen LogP contribution in [0.1, 0.15) is 6.42 Å². The minimum Gasteiger partial charge on any atom is -0.486 e. The molecule has 2 N–H and O–H groups in total. The van der Waals surface area contributed by atoms with Crippen molar-refractivity contribution in [3.63, 3.8) is 0 Å². The number of nitro groups is 1. The molecule has 3 amide bonds. The van der Waals surface area contributed by atoms with Crippen molar-refractivity contribution in [3.8, 4) is 11.5 Å². The summed E-state index contributed by atoms with van der Waals surface area (Å²) in [6.07, 6.45) is 0.167. The Morgan fingerprint density at radius 3 is 2.48 bits per heavy atom. The number of carbonyl (C=O) groups is 2. The average molecular weight is 455 g/mol. The van der Waals surface area contributed by atoms with Crippen LogP contribution in [0.5, 0.6) is 11.5 Å². The Hall–Kier alpha value is -3.86. The third-order valence-corrected chi connectivity index (χ3v) is 5.50. The molecule has 0 saturated carbocycles. The first-order valence-electron chi connectivity index (χ1n) is 10.7. The first-order valence-corrected chi connectivity index (χ1v) is 10.7. The van der Waals surface area contributed by atoms with Gasteiger partial charge in [0, 0.05) is 57.0 Å². The number of benzene rings is 2. The average Bonchev–Trinajstić information content (AvgIpc) is 2.83. The van der Waals surface area contributed by atoms with Crippen molar-refractivity contribution in [2.24, 2.45) is 0 Å². The molecule has 2 aliphatic rings. The standard InChI is InChI=1S/C22H25N5O6/c28-21(24-22(29)23-16-5-6-19-20(15-16)33-14-13-32-19)7-8-25-9-11-26(12-10-25)17-3-1-2-4-18(17)27(30)31/h1-6,15H,7-14H2,(H2,23,24,28,29). The molecule has 2 aromatic rings.